The Bertz CT molecular complexity index is 687. The first-order valence-electron chi connectivity index (χ1n) is 13.6. The molecule has 1 amide bonds. The Morgan fingerprint density at radius 1 is 0.882 bits per heavy atom. The van der Waals surface area contributed by atoms with Crippen molar-refractivity contribution >= 4 is 33.8 Å². The summed E-state index contributed by atoms with van der Waals surface area (Å²) in [5.41, 5.74) is 0.617. The third-order valence-corrected chi connectivity index (χ3v) is 22.0. The van der Waals surface area contributed by atoms with Gasteiger partial charge >= 0.3 is 179 Å². The Labute approximate surface area is 213 Å². The molecule has 0 saturated heterocycles. The van der Waals surface area contributed by atoms with E-state index in [1.165, 1.54) is 51.8 Å². The third kappa shape index (κ3) is 12.6. The van der Waals surface area contributed by atoms with Crippen molar-refractivity contribution in [1.82, 2.24) is 5.32 Å². The minimum atomic E-state index is -2.40. The number of nitrogens with one attached hydrogen (secondary N) is 1. The molecule has 0 aliphatic heterocycles. The molecule has 193 valence electrons. The van der Waals surface area contributed by atoms with Gasteiger partial charge in [-0.15, -0.1) is 0 Å². The van der Waals surface area contributed by atoms with Crippen LogP contribution in [0.1, 0.15) is 98.5 Å². The number of hydrogen-bond donors (Lipinski definition) is 1. The van der Waals surface area contributed by atoms with E-state index in [1.54, 1.807) is 10.0 Å². The molecule has 0 aliphatic carbocycles. The van der Waals surface area contributed by atoms with Crippen molar-refractivity contribution in [3.05, 3.63) is 36.2 Å². The van der Waals surface area contributed by atoms with Gasteiger partial charge < -0.3 is 4.74 Å². The molecule has 5 heteroatoms. The Kier molecular flexibility index (Phi) is 15.1. The van der Waals surface area contributed by atoms with Gasteiger partial charge in [-0.25, -0.2) is 0 Å². The Hall–Kier alpha value is -1.04. The normalized spacial score (nSPS) is 11.9. The molecule has 0 saturated carbocycles. The molecule has 1 N–H and O–H groups in total. The molecule has 1 radical (unpaired) electrons. The Balaban J connectivity index is 2.60. The quantitative estimate of drug-likeness (QED) is 0.127. The summed E-state index contributed by atoms with van der Waals surface area (Å²) in [4.78, 5) is 24.1. The first kappa shape index (κ1) is 31.0. The zero-order valence-electron chi connectivity index (χ0n) is 22.8. The molecule has 0 aliphatic rings. The zero-order chi connectivity index (χ0) is 25.5. The fourth-order valence-corrected chi connectivity index (χ4v) is 20.4. The minimum absolute atomic E-state index is 0.0442. The van der Waals surface area contributed by atoms with Gasteiger partial charge in [0.05, 0.1) is 0 Å². The number of unbranched alkanes of at least 4 members (excludes halogenated alkanes) is 4. The van der Waals surface area contributed by atoms with Crippen LogP contribution >= 0.6 is 0 Å². The number of benzene rings is 1. The fourth-order valence-electron chi connectivity index (χ4n) is 4.47. The summed E-state index contributed by atoms with van der Waals surface area (Å²) in [5, 5.41) is 2.98. The van der Waals surface area contributed by atoms with E-state index in [4.69, 9.17) is 4.74 Å². The van der Waals surface area contributed by atoms with Crippen LogP contribution in [0, 0.1) is 6.42 Å². The predicted molar refractivity (Wildman–Crippen MR) is 147 cm³/mol. The molecule has 34 heavy (non-hydrogen) atoms. The molecule has 0 unspecified atom stereocenters. The molecule has 1 rings (SSSR count). The summed E-state index contributed by atoms with van der Waals surface area (Å²) in [6.07, 6.45) is 11.2. The van der Waals surface area contributed by atoms with E-state index in [0.29, 0.717) is 19.4 Å². The average Bonchev–Trinajstić information content (AvgIpc) is 2.78. The predicted octanol–water partition coefficient (Wildman–Crippen LogP) is 6.73. The second-order valence-corrected chi connectivity index (χ2v) is 23.9. The zero-order valence-corrected chi connectivity index (χ0v) is 25.7. The van der Waals surface area contributed by atoms with Crippen molar-refractivity contribution in [3.8, 4) is 0 Å². The van der Waals surface area contributed by atoms with Gasteiger partial charge in [0, 0.05) is 0 Å². The monoisotopic (exact) mass is 580 g/mol. The molecule has 0 heterocycles. The number of amides is 1. The molecular weight excluding hydrogens is 529 g/mol. The molecular formula is C29H50NO3Sn. The van der Waals surface area contributed by atoms with E-state index in [9.17, 15) is 9.59 Å². The summed E-state index contributed by atoms with van der Waals surface area (Å²) in [6.45, 7) is 13.1. The van der Waals surface area contributed by atoms with Gasteiger partial charge in [0.2, 0.25) is 0 Å². The number of esters is 1. The molecule has 0 aromatic heterocycles. The van der Waals surface area contributed by atoms with Crippen LogP contribution in [0.2, 0.25) is 13.3 Å². The maximum atomic E-state index is 12.4. The van der Waals surface area contributed by atoms with Crippen LogP contribution in [0.3, 0.4) is 0 Å². The van der Waals surface area contributed by atoms with Crippen molar-refractivity contribution < 1.29 is 14.3 Å². The first-order chi connectivity index (χ1) is 16.2. The topological polar surface area (TPSA) is 55.4 Å². The Morgan fingerprint density at radius 3 is 1.88 bits per heavy atom. The van der Waals surface area contributed by atoms with E-state index in [1.807, 2.05) is 20.8 Å². The van der Waals surface area contributed by atoms with Crippen molar-refractivity contribution in [1.29, 1.82) is 0 Å². The van der Waals surface area contributed by atoms with Gasteiger partial charge in [-0.05, 0) is 20.8 Å². The number of carbonyl (C=O) groups is 2. The summed E-state index contributed by atoms with van der Waals surface area (Å²) in [5.74, 6) is -0.250. The van der Waals surface area contributed by atoms with E-state index in [0.717, 1.165) is 12.0 Å². The van der Waals surface area contributed by atoms with Crippen molar-refractivity contribution in [2.24, 2.45) is 0 Å². The van der Waals surface area contributed by atoms with Crippen molar-refractivity contribution in [2.75, 3.05) is 6.54 Å². The second-order valence-electron chi connectivity index (χ2n) is 10.7. The number of hydrogen-bond acceptors (Lipinski definition) is 3. The van der Waals surface area contributed by atoms with Crippen LogP contribution in [0.15, 0.2) is 24.3 Å². The second kappa shape index (κ2) is 16.6. The van der Waals surface area contributed by atoms with E-state index < -0.39 is 24.0 Å². The fraction of sp³-hybridized carbons (Fsp3) is 0.690. The van der Waals surface area contributed by atoms with Gasteiger partial charge in [0.1, 0.15) is 5.60 Å². The van der Waals surface area contributed by atoms with Gasteiger partial charge in [-0.1, -0.05) is 0 Å². The average molecular weight is 579 g/mol. The molecule has 0 bridgehead atoms. The van der Waals surface area contributed by atoms with E-state index >= 15 is 0 Å². The molecule has 4 nitrogen and oxygen atoms in total. The third-order valence-electron chi connectivity index (χ3n) is 6.38. The van der Waals surface area contributed by atoms with E-state index in [2.05, 4.69) is 50.4 Å². The summed E-state index contributed by atoms with van der Waals surface area (Å²) >= 11 is -2.40. The van der Waals surface area contributed by atoms with Crippen LogP contribution in [0.4, 0.5) is 0 Å². The molecule has 1 aromatic rings. The van der Waals surface area contributed by atoms with Crippen LogP contribution in [-0.2, 0) is 20.7 Å². The maximum absolute atomic E-state index is 12.4. The van der Waals surface area contributed by atoms with Crippen LogP contribution in [-0.4, -0.2) is 42.4 Å². The van der Waals surface area contributed by atoms with Gasteiger partial charge in [-0.2, -0.15) is 0 Å². The standard InChI is InChI=1S/C17H23NO3.3C4H9.Sn/c1-17(2,3)21-16(20)11-7-8-12-18-15(19)13-14-9-5-4-6-10-14;3*1-3-4-2;/h5-6,9-11H,7-8,12-13H2,1-3H3,(H,18,19);3*1,3-4H2,2H3;. The number of carbonyl (C=O) groups excluding carboxylic acids is 2. The van der Waals surface area contributed by atoms with Crippen LogP contribution < -0.4 is 8.90 Å². The van der Waals surface area contributed by atoms with Crippen molar-refractivity contribution in [2.45, 2.75) is 118 Å². The van der Waals surface area contributed by atoms with Gasteiger partial charge in [-0.3, -0.25) is 4.79 Å². The molecule has 1 aromatic carbocycles. The van der Waals surface area contributed by atoms with Crippen LogP contribution in [0.5, 0.6) is 0 Å². The molecule has 0 atom stereocenters. The summed E-state index contributed by atoms with van der Waals surface area (Å²) in [6, 6.07) is 9.13. The Morgan fingerprint density at radius 2 is 1.41 bits per heavy atom. The molecule has 0 fully saturated rings. The SMILES string of the molecule is CCC[CH2][Sn]([CH2]CCC)([CH2]CCC)[c]1ccc(CC(=O)NCCC[CH]C(=O)OC(C)(C)C)cc1. The first-order valence-corrected chi connectivity index (χ1v) is 21.1. The van der Waals surface area contributed by atoms with E-state index in [-0.39, 0.29) is 11.9 Å². The summed E-state index contributed by atoms with van der Waals surface area (Å²) in [7, 11) is 0. The van der Waals surface area contributed by atoms with Crippen molar-refractivity contribution in [3.63, 3.8) is 0 Å². The van der Waals surface area contributed by atoms with Gasteiger partial charge in [0.25, 0.3) is 0 Å². The number of ether oxygens (including phenoxy) is 1. The van der Waals surface area contributed by atoms with Crippen LogP contribution in [0.25, 0.3) is 0 Å². The van der Waals surface area contributed by atoms with Gasteiger partial charge in [0.15, 0.2) is 0 Å². The number of rotatable bonds is 17. The summed E-state index contributed by atoms with van der Waals surface area (Å²) < 4.78 is 11.3. The molecule has 0 spiro atoms.